The van der Waals surface area contributed by atoms with E-state index < -0.39 is 0 Å². The Morgan fingerprint density at radius 1 is 1.50 bits per heavy atom. The predicted octanol–water partition coefficient (Wildman–Crippen LogP) is 2.86. The van der Waals surface area contributed by atoms with Gasteiger partial charge in [0, 0.05) is 6.61 Å². The molecule has 1 aliphatic heterocycles. The molecule has 66 valence electrons. The van der Waals surface area contributed by atoms with Crippen molar-refractivity contribution in [1.82, 2.24) is 0 Å². The molecule has 1 fully saturated rings. The highest BCUT2D eigenvalue weighted by molar-refractivity contribution is 5.32. The molecule has 1 saturated heterocycles. The summed E-state index contributed by atoms with van der Waals surface area (Å²) >= 11 is 0. The van der Waals surface area contributed by atoms with Gasteiger partial charge in [-0.1, -0.05) is 24.8 Å². The maximum absolute atomic E-state index is 5.41. The average molecular weight is 164 g/mol. The summed E-state index contributed by atoms with van der Waals surface area (Å²) in [7, 11) is 0. The molecular weight excluding hydrogens is 148 g/mol. The minimum Gasteiger partial charge on any atom is -0.377 e. The van der Waals surface area contributed by atoms with Crippen LogP contribution < -0.4 is 0 Å². The summed E-state index contributed by atoms with van der Waals surface area (Å²) in [4.78, 5) is 0. The molecule has 0 saturated carbocycles. The van der Waals surface area contributed by atoms with Crippen molar-refractivity contribution in [2.24, 2.45) is 0 Å². The fourth-order valence-electron chi connectivity index (χ4n) is 1.21. The number of rotatable bonds is 1. The Morgan fingerprint density at radius 3 is 3.08 bits per heavy atom. The molecule has 1 heteroatoms. The standard InChI is InChI=1S/C11H16O/c1-3-4-7-11-9-12-8-5-6-10(11)2/h3-4,7H,2,5-6,8-9H2,1H3/b4-3-,11-7-. The monoisotopic (exact) mass is 164 g/mol. The molecule has 0 unspecified atom stereocenters. The van der Waals surface area contributed by atoms with E-state index in [2.05, 4.69) is 12.7 Å². The molecule has 0 aliphatic carbocycles. The molecule has 1 heterocycles. The van der Waals surface area contributed by atoms with Crippen molar-refractivity contribution >= 4 is 0 Å². The lowest BCUT2D eigenvalue weighted by Crippen LogP contribution is -1.94. The van der Waals surface area contributed by atoms with Crippen LogP contribution in [-0.4, -0.2) is 13.2 Å². The zero-order chi connectivity index (χ0) is 8.81. The fourth-order valence-corrected chi connectivity index (χ4v) is 1.21. The van der Waals surface area contributed by atoms with E-state index in [-0.39, 0.29) is 0 Å². The first-order valence-electron chi connectivity index (χ1n) is 4.42. The predicted molar refractivity (Wildman–Crippen MR) is 52.1 cm³/mol. The molecule has 0 bridgehead atoms. The molecule has 0 aromatic rings. The molecule has 0 aromatic carbocycles. The summed E-state index contributed by atoms with van der Waals surface area (Å²) < 4.78 is 5.41. The van der Waals surface area contributed by atoms with Crippen molar-refractivity contribution < 1.29 is 4.74 Å². The minimum absolute atomic E-state index is 0.725. The first kappa shape index (κ1) is 9.27. The summed E-state index contributed by atoms with van der Waals surface area (Å²) in [6, 6.07) is 0. The van der Waals surface area contributed by atoms with Crippen LogP contribution in [0.1, 0.15) is 19.8 Å². The number of hydrogen-bond donors (Lipinski definition) is 0. The number of hydrogen-bond acceptors (Lipinski definition) is 1. The quantitative estimate of drug-likeness (QED) is 0.579. The Balaban J connectivity index is 2.65. The van der Waals surface area contributed by atoms with Crippen molar-refractivity contribution in [3.63, 3.8) is 0 Å². The summed E-state index contributed by atoms with van der Waals surface area (Å²) in [6.07, 6.45) is 8.32. The maximum atomic E-state index is 5.41. The highest BCUT2D eigenvalue weighted by Gasteiger charge is 2.06. The van der Waals surface area contributed by atoms with E-state index >= 15 is 0 Å². The van der Waals surface area contributed by atoms with Gasteiger partial charge in [0.2, 0.25) is 0 Å². The summed E-state index contributed by atoms with van der Waals surface area (Å²) in [5.74, 6) is 0. The zero-order valence-corrected chi connectivity index (χ0v) is 7.68. The van der Waals surface area contributed by atoms with E-state index in [1.807, 2.05) is 19.1 Å². The Kier molecular flexibility index (Phi) is 3.81. The van der Waals surface area contributed by atoms with Gasteiger partial charge in [-0.2, -0.15) is 0 Å². The SMILES string of the molecule is C=C1CCCOC/C1=C/C=C\C. The van der Waals surface area contributed by atoms with Gasteiger partial charge in [0.05, 0.1) is 6.61 Å². The van der Waals surface area contributed by atoms with Gasteiger partial charge in [0.15, 0.2) is 0 Å². The number of allylic oxidation sites excluding steroid dienone is 3. The molecule has 12 heavy (non-hydrogen) atoms. The Morgan fingerprint density at radius 2 is 2.33 bits per heavy atom. The van der Waals surface area contributed by atoms with E-state index in [0.29, 0.717) is 0 Å². The van der Waals surface area contributed by atoms with Crippen LogP contribution in [0.5, 0.6) is 0 Å². The highest BCUT2D eigenvalue weighted by atomic mass is 16.5. The molecule has 0 N–H and O–H groups in total. The van der Waals surface area contributed by atoms with Gasteiger partial charge in [-0.3, -0.25) is 0 Å². The van der Waals surface area contributed by atoms with E-state index in [1.54, 1.807) is 0 Å². The summed E-state index contributed by atoms with van der Waals surface area (Å²) in [5, 5.41) is 0. The van der Waals surface area contributed by atoms with Crippen molar-refractivity contribution in [1.29, 1.82) is 0 Å². The zero-order valence-electron chi connectivity index (χ0n) is 7.68. The van der Waals surface area contributed by atoms with Crippen LogP contribution in [0.4, 0.5) is 0 Å². The van der Waals surface area contributed by atoms with Gasteiger partial charge < -0.3 is 4.74 Å². The van der Waals surface area contributed by atoms with Gasteiger partial charge in [0.25, 0.3) is 0 Å². The smallest absolute Gasteiger partial charge is 0.0719 e. The average Bonchev–Trinajstić information content (AvgIpc) is 2.27. The molecule has 0 atom stereocenters. The van der Waals surface area contributed by atoms with Gasteiger partial charge in [-0.15, -0.1) is 0 Å². The van der Waals surface area contributed by atoms with Gasteiger partial charge in [-0.05, 0) is 30.9 Å². The molecule has 1 aliphatic rings. The van der Waals surface area contributed by atoms with Crippen LogP contribution >= 0.6 is 0 Å². The number of ether oxygens (including phenoxy) is 1. The first-order valence-corrected chi connectivity index (χ1v) is 4.42. The van der Waals surface area contributed by atoms with Crippen molar-refractivity contribution in [3.05, 3.63) is 36.0 Å². The molecular formula is C11H16O. The second kappa shape index (κ2) is 4.94. The van der Waals surface area contributed by atoms with E-state index in [1.165, 1.54) is 11.1 Å². The largest absolute Gasteiger partial charge is 0.377 e. The Bertz CT molecular complexity index is 211. The van der Waals surface area contributed by atoms with Crippen LogP contribution in [0.25, 0.3) is 0 Å². The van der Waals surface area contributed by atoms with E-state index in [4.69, 9.17) is 4.74 Å². The molecule has 1 rings (SSSR count). The summed E-state index contributed by atoms with van der Waals surface area (Å²) in [6.45, 7) is 7.63. The normalized spacial score (nSPS) is 23.4. The third kappa shape index (κ3) is 2.67. The molecule has 0 radical (unpaired) electrons. The first-order chi connectivity index (χ1) is 5.84. The van der Waals surface area contributed by atoms with Gasteiger partial charge in [0.1, 0.15) is 0 Å². The van der Waals surface area contributed by atoms with Crippen LogP contribution in [0.15, 0.2) is 36.0 Å². The van der Waals surface area contributed by atoms with Crippen LogP contribution in [-0.2, 0) is 4.74 Å². The maximum Gasteiger partial charge on any atom is 0.0719 e. The van der Waals surface area contributed by atoms with Gasteiger partial charge in [-0.25, -0.2) is 0 Å². The molecule has 0 amide bonds. The van der Waals surface area contributed by atoms with Gasteiger partial charge >= 0.3 is 0 Å². The molecule has 0 spiro atoms. The Hall–Kier alpha value is -0.820. The second-order valence-electron chi connectivity index (χ2n) is 2.98. The second-order valence-corrected chi connectivity index (χ2v) is 2.98. The van der Waals surface area contributed by atoms with Crippen LogP contribution in [0.2, 0.25) is 0 Å². The molecule has 1 nitrogen and oxygen atoms in total. The lowest BCUT2D eigenvalue weighted by molar-refractivity contribution is 0.163. The van der Waals surface area contributed by atoms with E-state index in [0.717, 1.165) is 26.1 Å². The topological polar surface area (TPSA) is 9.23 Å². The Labute approximate surface area is 74.4 Å². The molecule has 0 aromatic heterocycles. The minimum atomic E-state index is 0.725. The van der Waals surface area contributed by atoms with E-state index in [9.17, 15) is 0 Å². The lowest BCUT2D eigenvalue weighted by Gasteiger charge is -2.03. The summed E-state index contributed by atoms with van der Waals surface area (Å²) in [5.41, 5.74) is 2.47. The van der Waals surface area contributed by atoms with Crippen molar-refractivity contribution in [2.45, 2.75) is 19.8 Å². The van der Waals surface area contributed by atoms with Crippen molar-refractivity contribution in [3.8, 4) is 0 Å². The van der Waals surface area contributed by atoms with Crippen LogP contribution in [0.3, 0.4) is 0 Å². The lowest BCUT2D eigenvalue weighted by atomic mass is 10.0. The highest BCUT2D eigenvalue weighted by Crippen LogP contribution is 2.18. The fraction of sp³-hybridized carbons (Fsp3) is 0.455. The van der Waals surface area contributed by atoms with Crippen LogP contribution in [0, 0.1) is 0 Å². The third-order valence-corrected chi connectivity index (χ3v) is 1.97. The van der Waals surface area contributed by atoms with Crippen molar-refractivity contribution in [2.75, 3.05) is 13.2 Å². The third-order valence-electron chi connectivity index (χ3n) is 1.97.